The van der Waals surface area contributed by atoms with Crippen molar-refractivity contribution in [3.05, 3.63) is 65.9 Å². The minimum absolute atomic E-state index is 0.0785. The molecule has 3 aromatic rings. The zero-order chi connectivity index (χ0) is 29.4. The Morgan fingerprint density at radius 1 is 1.12 bits per heavy atom. The fourth-order valence-electron chi connectivity index (χ4n) is 5.21. The summed E-state index contributed by atoms with van der Waals surface area (Å²) < 4.78 is 5.40. The average molecular weight is 559 g/mol. The lowest BCUT2D eigenvalue weighted by Gasteiger charge is -2.29. The number of aromatic nitrogens is 1. The van der Waals surface area contributed by atoms with E-state index in [1.54, 1.807) is 13.2 Å². The van der Waals surface area contributed by atoms with Gasteiger partial charge < -0.3 is 25.7 Å². The van der Waals surface area contributed by atoms with Gasteiger partial charge in [0.25, 0.3) is 5.91 Å². The molecule has 2 aromatic carbocycles. The second-order valence-corrected chi connectivity index (χ2v) is 10.9. The van der Waals surface area contributed by atoms with Crippen LogP contribution in [0.15, 0.2) is 54.6 Å². The van der Waals surface area contributed by atoms with Gasteiger partial charge in [0.05, 0.1) is 19.2 Å². The maximum absolute atomic E-state index is 13.7. The molecule has 0 spiro atoms. The molecule has 1 unspecified atom stereocenters. The fourth-order valence-corrected chi connectivity index (χ4v) is 5.21. The van der Waals surface area contributed by atoms with E-state index in [1.165, 1.54) is 0 Å². The van der Waals surface area contributed by atoms with Crippen LogP contribution in [-0.2, 0) is 16.1 Å². The molecule has 2 heterocycles. The molecule has 10 nitrogen and oxygen atoms in total. The Morgan fingerprint density at radius 3 is 2.56 bits per heavy atom. The zero-order valence-corrected chi connectivity index (χ0v) is 23.7. The summed E-state index contributed by atoms with van der Waals surface area (Å²) in [7, 11) is 1.57. The highest BCUT2D eigenvalue weighted by Gasteiger charge is 2.34. The molecule has 41 heavy (non-hydrogen) atoms. The Kier molecular flexibility index (Phi) is 9.98. The summed E-state index contributed by atoms with van der Waals surface area (Å²) in [5.41, 5.74) is 2.05. The minimum Gasteiger partial charge on any atom is -0.496 e. The smallest absolute Gasteiger partial charge is 0.268 e. The van der Waals surface area contributed by atoms with E-state index in [-0.39, 0.29) is 17.7 Å². The van der Waals surface area contributed by atoms with Crippen molar-refractivity contribution in [3.8, 4) is 11.8 Å². The highest BCUT2D eigenvalue weighted by molar-refractivity contribution is 6.01. The number of carbonyl (C=O) groups is 3. The number of hydrogen-bond donors (Lipinski definition) is 5. The average Bonchev–Trinajstić information content (AvgIpc) is 3.59. The molecule has 216 valence electrons. The van der Waals surface area contributed by atoms with Gasteiger partial charge in [0.1, 0.15) is 23.5 Å². The molecule has 4 atom stereocenters. The zero-order valence-electron chi connectivity index (χ0n) is 23.7. The molecule has 5 N–H and O–H groups in total. The van der Waals surface area contributed by atoms with Crippen molar-refractivity contribution in [1.82, 2.24) is 26.3 Å². The Hall–Kier alpha value is -4.36. The number of carbonyl (C=O) groups excluding carboxylic acids is 3. The number of ether oxygens (including phenoxy) is 1. The molecular weight excluding hydrogens is 520 g/mol. The van der Waals surface area contributed by atoms with Gasteiger partial charge in [-0.1, -0.05) is 50.2 Å². The van der Waals surface area contributed by atoms with Gasteiger partial charge in [-0.05, 0) is 48.9 Å². The number of hydrogen-bond acceptors (Lipinski definition) is 6. The highest BCUT2D eigenvalue weighted by Crippen LogP contribution is 2.26. The summed E-state index contributed by atoms with van der Waals surface area (Å²) in [4.78, 5) is 42.5. The minimum atomic E-state index is -0.843. The number of benzene rings is 2. The van der Waals surface area contributed by atoms with Crippen LogP contribution in [0.25, 0.3) is 10.9 Å². The molecule has 0 saturated carbocycles. The van der Waals surface area contributed by atoms with Crippen molar-refractivity contribution >= 4 is 28.6 Å². The third-order valence-corrected chi connectivity index (χ3v) is 7.36. The number of aromatic amines is 1. The van der Waals surface area contributed by atoms with E-state index in [9.17, 15) is 19.6 Å². The van der Waals surface area contributed by atoms with E-state index in [0.717, 1.165) is 16.5 Å². The molecular formula is C31H38N6O4. The number of fused-ring (bicyclic) bond motifs is 1. The number of nitriles is 1. The molecule has 0 aliphatic carbocycles. The lowest BCUT2D eigenvalue weighted by Crippen LogP contribution is -2.56. The third-order valence-electron chi connectivity index (χ3n) is 7.36. The van der Waals surface area contributed by atoms with Crippen molar-refractivity contribution < 1.29 is 19.1 Å². The van der Waals surface area contributed by atoms with Crippen LogP contribution in [0.1, 0.15) is 49.2 Å². The molecule has 1 saturated heterocycles. The van der Waals surface area contributed by atoms with Crippen LogP contribution in [0.2, 0.25) is 0 Å². The normalized spacial score (nSPS) is 17.0. The predicted octanol–water partition coefficient (Wildman–Crippen LogP) is 3.01. The molecule has 1 fully saturated rings. The Labute approximate surface area is 240 Å². The summed E-state index contributed by atoms with van der Waals surface area (Å²) in [6.45, 7) is 4.94. The topological polar surface area (TPSA) is 148 Å². The molecule has 1 aliphatic rings. The van der Waals surface area contributed by atoms with E-state index in [2.05, 4.69) is 32.3 Å². The van der Waals surface area contributed by atoms with Crippen LogP contribution in [0.3, 0.4) is 0 Å². The van der Waals surface area contributed by atoms with Crippen LogP contribution in [0.4, 0.5) is 0 Å². The third kappa shape index (κ3) is 7.64. The first-order chi connectivity index (χ1) is 19.8. The van der Waals surface area contributed by atoms with E-state index < -0.39 is 29.9 Å². The first-order valence-corrected chi connectivity index (χ1v) is 14.0. The Bertz CT molecular complexity index is 1400. The van der Waals surface area contributed by atoms with Crippen LogP contribution >= 0.6 is 0 Å². The van der Waals surface area contributed by atoms with E-state index in [4.69, 9.17) is 4.74 Å². The van der Waals surface area contributed by atoms with Gasteiger partial charge in [0.2, 0.25) is 11.8 Å². The van der Waals surface area contributed by atoms with Gasteiger partial charge in [0, 0.05) is 29.9 Å². The van der Waals surface area contributed by atoms with Crippen LogP contribution in [0, 0.1) is 23.2 Å². The number of rotatable bonds is 13. The summed E-state index contributed by atoms with van der Waals surface area (Å²) in [5, 5.41) is 22.8. The quantitative estimate of drug-likeness (QED) is 0.218. The summed E-state index contributed by atoms with van der Waals surface area (Å²) in [5.74, 6) is -0.463. The van der Waals surface area contributed by atoms with E-state index in [0.29, 0.717) is 43.8 Å². The number of amides is 3. The summed E-state index contributed by atoms with van der Waals surface area (Å²) >= 11 is 0. The molecule has 1 aliphatic heterocycles. The number of nitrogens with one attached hydrogen (secondary N) is 5. The number of nitrogens with zero attached hydrogens (tertiary/aromatic N) is 1. The number of H-pyrrole nitrogens is 1. The van der Waals surface area contributed by atoms with Crippen molar-refractivity contribution in [1.29, 1.82) is 5.26 Å². The molecule has 0 bridgehead atoms. The standard InChI is InChI=1S/C31H38N6O4/c1-19(2)14-25(37-31(40)26-16-22-23(35-26)10-7-11-28(22)41-3)30(39)36-24(15-21-12-13-33-29(21)38)27(17-32)34-18-20-8-5-4-6-9-20/h4-11,16,19,21,24-25,27,34-35H,12-15,18H2,1-3H3,(H,33,38)(H,36,39)(H,37,40)/t21?,24-,25-,27+/m0/s1. The van der Waals surface area contributed by atoms with Crippen LogP contribution < -0.4 is 26.0 Å². The summed E-state index contributed by atoms with van der Waals surface area (Å²) in [6.07, 6.45) is 1.34. The van der Waals surface area contributed by atoms with Crippen molar-refractivity contribution in [2.24, 2.45) is 11.8 Å². The molecule has 0 radical (unpaired) electrons. The highest BCUT2D eigenvalue weighted by atomic mass is 16.5. The lowest BCUT2D eigenvalue weighted by atomic mass is 9.93. The van der Waals surface area contributed by atoms with Crippen molar-refractivity contribution in [2.75, 3.05) is 13.7 Å². The molecule has 3 amide bonds. The Morgan fingerprint density at radius 2 is 1.90 bits per heavy atom. The van der Waals surface area contributed by atoms with Crippen molar-refractivity contribution in [2.45, 2.75) is 57.8 Å². The Balaban J connectivity index is 1.52. The van der Waals surface area contributed by atoms with Gasteiger partial charge >= 0.3 is 0 Å². The first-order valence-electron chi connectivity index (χ1n) is 14.0. The predicted molar refractivity (Wildman–Crippen MR) is 156 cm³/mol. The monoisotopic (exact) mass is 558 g/mol. The molecule has 1 aromatic heterocycles. The fraction of sp³-hybridized carbons (Fsp3) is 0.419. The van der Waals surface area contributed by atoms with E-state index >= 15 is 0 Å². The number of methoxy groups -OCH3 is 1. The summed E-state index contributed by atoms with van der Waals surface area (Å²) in [6, 6.07) is 16.9. The van der Waals surface area contributed by atoms with Crippen LogP contribution in [-0.4, -0.2) is 54.5 Å². The van der Waals surface area contributed by atoms with Gasteiger partial charge in [-0.3, -0.25) is 19.7 Å². The van der Waals surface area contributed by atoms with Gasteiger partial charge in [-0.15, -0.1) is 0 Å². The lowest BCUT2D eigenvalue weighted by molar-refractivity contribution is -0.126. The molecule has 10 heteroatoms. The van der Waals surface area contributed by atoms with E-state index in [1.807, 2.05) is 62.4 Å². The van der Waals surface area contributed by atoms with Crippen LogP contribution in [0.5, 0.6) is 5.75 Å². The van der Waals surface area contributed by atoms with Gasteiger partial charge in [-0.2, -0.15) is 5.26 Å². The maximum atomic E-state index is 13.7. The second kappa shape index (κ2) is 13.8. The van der Waals surface area contributed by atoms with Gasteiger partial charge in [-0.25, -0.2) is 0 Å². The van der Waals surface area contributed by atoms with Crippen molar-refractivity contribution in [3.63, 3.8) is 0 Å². The largest absolute Gasteiger partial charge is 0.496 e. The van der Waals surface area contributed by atoms with Gasteiger partial charge in [0.15, 0.2) is 0 Å². The molecule has 4 rings (SSSR count). The second-order valence-electron chi connectivity index (χ2n) is 10.9. The first kappa shape index (κ1) is 29.6. The SMILES string of the molecule is COc1cccc2[nH]c(C(=O)N[C@@H](CC(C)C)C(=O)N[C@@H](CC3CCNC3=O)[C@@H](C#N)NCc3ccccc3)cc12. The maximum Gasteiger partial charge on any atom is 0.268 e.